The van der Waals surface area contributed by atoms with E-state index >= 15 is 0 Å². The first-order valence-electron chi connectivity index (χ1n) is 14.7. The third-order valence-corrected chi connectivity index (χ3v) is 8.07. The topological polar surface area (TPSA) is 48.0 Å². The molecule has 0 N–H and O–H groups in total. The van der Waals surface area contributed by atoms with Crippen LogP contribution in [0.3, 0.4) is 0 Å². The van der Waals surface area contributed by atoms with Crippen molar-refractivity contribution in [1.29, 1.82) is 0 Å². The van der Waals surface area contributed by atoms with E-state index in [0.717, 1.165) is 55.3 Å². The van der Waals surface area contributed by atoms with Crippen molar-refractivity contribution in [3.05, 3.63) is 163 Å². The maximum Gasteiger partial charge on any atom is 0.187 e. The van der Waals surface area contributed by atoms with Gasteiger partial charge in [0.2, 0.25) is 0 Å². The normalized spacial score (nSPS) is 11.1. The zero-order chi connectivity index (χ0) is 30.2. The molecule has 0 aliphatic rings. The molecule has 0 spiro atoms. The largest absolute Gasteiger partial charge is 0.309 e. The Balaban J connectivity index is 1.34. The number of para-hydroxylation sites is 1. The van der Waals surface area contributed by atoms with Crippen LogP contribution in [0.5, 0.6) is 0 Å². The van der Waals surface area contributed by atoms with E-state index in [-0.39, 0.29) is 0 Å². The molecule has 5 heteroatoms. The van der Waals surface area contributed by atoms with Crippen LogP contribution in [-0.4, -0.2) is 19.5 Å². The molecule has 0 atom stereocenters. The van der Waals surface area contributed by atoms with Gasteiger partial charge < -0.3 is 4.57 Å². The highest BCUT2D eigenvalue weighted by molar-refractivity contribution is 6.11. The smallest absolute Gasteiger partial charge is 0.187 e. The van der Waals surface area contributed by atoms with Gasteiger partial charge in [-0.25, -0.2) is 19.8 Å². The van der Waals surface area contributed by atoms with Gasteiger partial charge in [-0.2, -0.15) is 0 Å². The average molecular weight is 576 g/mol. The van der Waals surface area contributed by atoms with Crippen LogP contribution in [-0.2, 0) is 0 Å². The van der Waals surface area contributed by atoms with Crippen LogP contribution in [0.2, 0.25) is 0 Å². The van der Waals surface area contributed by atoms with Gasteiger partial charge in [-0.3, -0.25) is 0 Å². The zero-order valence-corrected chi connectivity index (χ0v) is 24.2. The summed E-state index contributed by atoms with van der Waals surface area (Å²) in [7, 11) is 0. The van der Waals surface area contributed by atoms with Crippen molar-refractivity contribution in [2.45, 2.75) is 0 Å². The van der Waals surface area contributed by atoms with Crippen LogP contribution in [0.1, 0.15) is 0 Å². The summed E-state index contributed by atoms with van der Waals surface area (Å²) in [6.45, 7) is 7.31. The van der Waals surface area contributed by atoms with E-state index < -0.39 is 0 Å². The quantitative estimate of drug-likeness (QED) is 0.192. The SMILES string of the molecule is [C-]#[N+]c1ccc(-c2ccc3c4cc(-c5nc(-c6ccccc6)nc(-c6ccccc6)n5)ccc4n(-c4ccccc4)c3c2)cc1. The predicted molar refractivity (Wildman–Crippen MR) is 182 cm³/mol. The average Bonchev–Trinajstić information content (AvgIpc) is 3.45. The molecule has 0 saturated carbocycles. The minimum absolute atomic E-state index is 0.627. The summed E-state index contributed by atoms with van der Waals surface area (Å²) in [6, 6.07) is 51.3. The van der Waals surface area contributed by atoms with Crippen molar-refractivity contribution < 1.29 is 0 Å². The van der Waals surface area contributed by atoms with E-state index in [2.05, 4.69) is 70.1 Å². The Bertz CT molecular complexity index is 2300. The monoisotopic (exact) mass is 575 g/mol. The summed E-state index contributed by atoms with van der Waals surface area (Å²) in [5, 5.41) is 2.25. The Kier molecular flexibility index (Phi) is 6.44. The third-order valence-electron chi connectivity index (χ3n) is 8.07. The molecule has 6 aromatic carbocycles. The second kappa shape index (κ2) is 11.0. The molecule has 2 heterocycles. The number of fused-ring (bicyclic) bond motifs is 3. The summed E-state index contributed by atoms with van der Waals surface area (Å²) >= 11 is 0. The second-order valence-electron chi connectivity index (χ2n) is 10.8. The molecule has 8 aromatic rings. The molecule has 5 nitrogen and oxygen atoms in total. The maximum atomic E-state index is 7.31. The van der Waals surface area contributed by atoms with E-state index in [4.69, 9.17) is 21.5 Å². The number of aromatic nitrogens is 4. The molecule has 0 bridgehead atoms. The van der Waals surface area contributed by atoms with Gasteiger partial charge in [-0.05, 0) is 47.5 Å². The van der Waals surface area contributed by atoms with E-state index in [1.54, 1.807) is 0 Å². The van der Waals surface area contributed by atoms with Crippen molar-refractivity contribution in [3.63, 3.8) is 0 Å². The first kappa shape index (κ1) is 26.3. The fraction of sp³-hybridized carbons (Fsp3) is 0. The molecule has 45 heavy (non-hydrogen) atoms. The molecule has 0 aliphatic heterocycles. The van der Waals surface area contributed by atoms with Gasteiger partial charge >= 0.3 is 0 Å². The van der Waals surface area contributed by atoms with Crippen molar-refractivity contribution in [1.82, 2.24) is 19.5 Å². The number of nitrogens with zero attached hydrogens (tertiary/aromatic N) is 5. The molecule has 210 valence electrons. The van der Waals surface area contributed by atoms with Crippen LogP contribution >= 0.6 is 0 Å². The molecule has 0 saturated heterocycles. The lowest BCUT2D eigenvalue weighted by Crippen LogP contribution is -2.00. The van der Waals surface area contributed by atoms with Crippen LogP contribution in [0.15, 0.2) is 152 Å². The van der Waals surface area contributed by atoms with Gasteiger partial charge in [-0.15, -0.1) is 0 Å². The lowest BCUT2D eigenvalue weighted by atomic mass is 10.0. The molecule has 2 aromatic heterocycles. The fourth-order valence-electron chi connectivity index (χ4n) is 5.86. The zero-order valence-electron chi connectivity index (χ0n) is 24.2. The second-order valence-corrected chi connectivity index (χ2v) is 10.8. The minimum Gasteiger partial charge on any atom is -0.309 e. The fourth-order valence-corrected chi connectivity index (χ4v) is 5.86. The van der Waals surface area contributed by atoms with Gasteiger partial charge in [0, 0.05) is 33.2 Å². The Morgan fingerprint density at radius 1 is 0.422 bits per heavy atom. The molecule has 0 fully saturated rings. The van der Waals surface area contributed by atoms with Crippen molar-refractivity contribution >= 4 is 27.5 Å². The predicted octanol–water partition coefficient (Wildman–Crippen LogP) is 10.2. The molecular weight excluding hydrogens is 550 g/mol. The Morgan fingerprint density at radius 2 is 0.956 bits per heavy atom. The summed E-state index contributed by atoms with van der Waals surface area (Å²) in [6.07, 6.45) is 0. The lowest BCUT2D eigenvalue weighted by molar-refractivity contribution is 1.07. The molecule has 0 amide bonds. The van der Waals surface area contributed by atoms with E-state index in [0.29, 0.717) is 23.2 Å². The third kappa shape index (κ3) is 4.81. The summed E-state index contributed by atoms with van der Waals surface area (Å²) in [4.78, 5) is 18.3. The number of hydrogen-bond acceptors (Lipinski definition) is 3. The molecule has 0 unspecified atom stereocenters. The van der Waals surface area contributed by atoms with Gasteiger partial charge in [0.25, 0.3) is 0 Å². The minimum atomic E-state index is 0.627. The first-order chi connectivity index (χ1) is 22.2. The number of benzene rings is 6. The van der Waals surface area contributed by atoms with E-state index in [1.807, 2.05) is 91.0 Å². The van der Waals surface area contributed by atoms with Gasteiger partial charge in [0.05, 0.1) is 17.6 Å². The first-order valence-corrected chi connectivity index (χ1v) is 14.7. The lowest BCUT2D eigenvalue weighted by Gasteiger charge is -2.10. The van der Waals surface area contributed by atoms with E-state index in [1.165, 1.54) is 0 Å². The van der Waals surface area contributed by atoms with Gasteiger partial charge in [0.15, 0.2) is 23.2 Å². The van der Waals surface area contributed by atoms with Crippen LogP contribution < -0.4 is 0 Å². The Morgan fingerprint density at radius 3 is 1.56 bits per heavy atom. The Labute approximate surface area is 260 Å². The standard InChI is InChI=1S/C40H25N5/c1-41-32-21-17-27(18-22-32)30-19-23-34-35-25-31(20-24-36(35)45(37(34)26-30)33-15-9-4-10-16-33)40-43-38(28-11-5-2-6-12-28)42-39(44-40)29-13-7-3-8-14-29/h2-26H. The van der Waals surface area contributed by atoms with E-state index in [9.17, 15) is 0 Å². The molecule has 0 radical (unpaired) electrons. The summed E-state index contributed by atoms with van der Waals surface area (Å²) in [5.41, 5.74) is 8.89. The molecular formula is C40H25N5. The highest BCUT2D eigenvalue weighted by Crippen LogP contribution is 2.37. The van der Waals surface area contributed by atoms with Crippen LogP contribution in [0.25, 0.3) is 77.6 Å². The van der Waals surface area contributed by atoms with Crippen molar-refractivity contribution in [2.75, 3.05) is 0 Å². The molecule has 0 aliphatic carbocycles. The number of rotatable bonds is 5. The van der Waals surface area contributed by atoms with Crippen LogP contribution in [0, 0.1) is 6.57 Å². The van der Waals surface area contributed by atoms with Crippen LogP contribution in [0.4, 0.5) is 5.69 Å². The maximum absolute atomic E-state index is 7.31. The summed E-state index contributed by atoms with van der Waals surface area (Å²) in [5.74, 6) is 1.90. The molecule has 8 rings (SSSR count). The highest BCUT2D eigenvalue weighted by atomic mass is 15.0. The Hall–Kier alpha value is -6.38. The summed E-state index contributed by atoms with van der Waals surface area (Å²) < 4.78 is 2.31. The number of hydrogen-bond donors (Lipinski definition) is 0. The van der Waals surface area contributed by atoms with Crippen molar-refractivity contribution in [2.24, 2.45) is 0 Å². The van der Waals surface area contributed by atoms with Gasteiger partial charge in [0.1, 0.15) is 0 Å². The van der Waals surface area contributed by atoms with Gasteiger partial charge in [-0.1, -0.05) is 115 Å². The van der Waals surface area contributed by atoms with Crippen molar-refractivity contribution in [3.8, 4) is 51.0 Å². The highest BCUT2D eigenvalue weighted by Gasteiger charge is 2.17.